The summed E-state index contributed by atoms with van der Waals surface area (Å²) < 4.78 is 11.1. The molecule has 2 aliphatic carbocycles. The van der Waals surface area contributed by atoms with E-state index in [1.54, 1.807) is 14.2 Å². The average molecular weight is 427 g/mol. The lowest BCUT2D eigenvalue weighted by molar-refractivity contribution is -0.121. The summed E-state index contributed by atoms with van der Waals surface area (Å²) in [5.41, 5.74) is 0.114. The molecule has 0 aromatic rings. The van der Waals surface area contributed by atoms with Gasteiger partial charge in [-0.05, 0) is 77.9 Å². The minimum absolute atomic E-state index is 0.0571. The lowest BCUT2D eigenvalue weighted by Gasteiger charge is -2.52. The number of aliphatic hydroxyl groups is 2. The fraction of sp³-hybridized carbons (Fsp3) is 1.00. The molecule has 0 aromatic carbocycles. The van der Waals surface area contributed by atoms with Gasteiger partial charge in [0.1, 0.15) is 0 Å². The standard InChI is InChI=1S/C26H50O4/c1-16(19-10-17(14-29-8)12-21(23(19)27)25(2,3)4)20-11-18(15-30-9)13-22(24(20)28)26(5,6)7/h16-24,27-28H,10-15H2,1-9H3. The Kier molecular flexibility index (Phi) is 8.86. The van der Waals surface area contributed by atoms with Crippen molar-refractivity contribution in [2.24, 2.45) is 52.3 Å². The van der Waals surface area contributed by atoms with Crippen LogP contribution in [0.3, 0.4) is 0 Å². The van der Waals surface area contributed by atoms with Crippen LogP contribution in [0.25, 0.3) is 0 Å². The highest BCUT2D eigenvalue weighted by atomic mass is 16.5. The predicted octanol–water partition coefficient (Wildman–Crippen LogP) is 5.01. The van der Waals surface area contributed by atoms with Gasteiger partial charge in [0.25, 0.3) is 0 Å². The van der Waals surface area contributed by atoms with E-state index >= 15 is 0 Å². The van der Waals surface area contributed by atoms with Crippen molar-refractivity contribution in [2.75, 3.05) is 27.4 Å². The maximum atomic E-state index is 11.5. The predicted molar refractivity (Wildman–Crippen MR) is 123 cm³/mol. The molecule has 0 aliphatic heterocycles. The molecule has 0 heterocycles. The molecule has 0 amide bonds. The summed E-state index contributed by atoms with van der Waals surface area (Å²) in [6, 6.07) is 0. The van der Waals surface area contributed by atoms with Gasteiger partial charge < -0.3 is 19.7 Å². The molecule has 2 fully saturated rings. The van der Waals surface area contributed by atoms with E-state index in [2.05, 4.69) is 48.5 Å². The van der Waals surface area contributed by atoms with E-state index in [-0.39, 0.29) is 52.6 Å². The SMILES string of the molecule is COCC1CC(C(C)C2CC(COC)CC(C(C)(C)C)C2O)C(O)C(C(C)(C)C)C1. The van der Waals surface area contributed by atoms with Crippen molar-refractivity contribution < 1.29 is 19.7 Å². The van der Waals surface area contributed by atoms with Gasteiger partial charge in [0, 0.05) is 27.4 Å². The Morgan fingerprint density at radius 1 is 0.700 bits per heavy atom. The molecule has 4 heteroatoms. The highest BCUT2D eigenvalue weighted by molar-refractivity contribution is 4.99. The second-order valence-corrected chi connectivity index (χ2v) is 12.7. The first-order chi connectivity index (χ1) is 13.8. The Balaban J connectivity index is 2.30. The van der Waals surface area contributed by atoms with E-state index < -0.39 is 0 Å². The molecule has 2 rings (SSSR count). The van der Waals surface area contributed by atoms with Gasteiger partial charge in [0.2, 0.25) is 0 Å². The van der Waals surface area contributed by atoms with E-state index in [4.69, 9.17) is 9.47 Å². The van der Waals surface area contributed by atoms with Crippen LogP contribution in [-0.2, 0) is 9.47 Å². The molecule has 0 aromatic heterocycles. The molecule has 2 saturated carbocycles. The number of rotatable bonds is 6. The molecule has 8 unspecified atom stereocenters. The fourth-order valence-corrected chi connectivity index (χ4v) is 6.68. The first-order valence-corrected chi connectivity index (χ1v) is 12.1. The van der Waals surface area contributed by atoms with E-state index in [1.807, 2.05) is 0 Å². The van der Waals surface area contributed by atoms with Gasteiger partial charge >= 0.3 is 0 Å². The van der Waals surface area contributed by atoms with Crippen molar-refractivity contribution in [3.05, 3.63) is 0 Å². The van der Waals surface area contributed by atoms with Crippen LogP contribution in [-0.4, -0.2) is 49.9 Å². The summed E-state index contributed by atoms with van der Waals surface area (Å²) in [5.74, 6) is 2.13. The minimum atomic E-state index is -0.323. The van der Waals surface area contributed by atoms with Gasteiger partial charge in [0.15, 0.2) is 0 Å². The van der Waals surface area contributed by atoms with Crippen molar-refractivity contribution >= 4 is 0 Å². The summed E-state index contributed by atoms with van der Waals surface area (Å²) in [6.45, 7) is 17.3. The summed E-state index contributed by atoms with van der Waals surface area (Å²) in [5, 5.41) is 23.0. The quantitative estimate of drug-likeness (QED) is 0.626. The van der Waals surface area contributed by atoms with Gasteiger partial charge in [-0.15, -0.1) is 0 Å². The van der Waals surface area contributed by atoms with Gasteiger partial charge in [-0.3, -0.25) is 0 Å². The maximum Gasteiger partial charge on any atom is 0.0604 e. The molecule has 30 heavy (non-hydrogen) atoms. The maximum absolute atomic E-state index is 11.5. The molecule has 2 aliphatic rings. The van der Waals surface area contributed by atoms with Crippen LogP contribution in [0, 0.1) is 52.3 Å². The summed E-state index contributed by atoms with van der Waals surface area (Å²) in [6.07, 6.45) is 3.37. The molecular formula is C26H50O4. The van der Waals surface area contributed by atoms with Crippen LogP contribution < -0.4 is 0 Å². The molecule has 178 valence electrons. The number of ether oxygens (including phenoxy) is 2. The third kappa shape index (κ3) is 5.99. The highest BCUT2D eigenvalue weighted by Crippen LogP contribution is 2.51. The van der Waals surface area contributed by atoms with Crippen LogP contribution in [0.4, 0.5) is 0 Å². The summed E-state index contributed by atoms with van der Waals surface area (Å²) in [4.78, 5) is 0. The molecule has 0 spiro atoms. The van der Waals surface area contributed by atoms with Crippen LogP contribution in [0.1, 0.15) is 74.1 Å². The lowest BCUT2D eigenvalue weighted by Crippen LogP contribution is -2.52. The Morgan fingerprint density at radius 2 is 1.03 bits per heavy atom. The first kappa shape index (κ1) is 26.1. The smallest absolute Gasteiger partial charge is 0.0604 e. The van der Waals surface area contributed by atoms with Crippen molar-refractivity contribution in [1.29, 1.82) is 0 Å². The molecule has 8 atom stereocenters. The van der Waals surface area contributed by atoms with Crippen molar-refractivity contribution in [2.45, 2.75) is 86.4 Å². The van der Waals surface area contributed by atoms with Gasteiger partial charge in [-0.1, -0.05) is 48.5 Å². The van der Waals surface area contributed by atoms with E-state index in [1.165, 1.54) is 0 Å². The van der Waals surface area contributed by atoms with E-state index in [0.717, 1.165) is 38.9 Å². The van der Waals surface area contributed by atoms with Crippen LogP contribution in [0.2, 0.25) is 0 Å². The second-order valence-electron chi connectivity index (χ2n) is 12.7. The molecule has 0 saturated heterocycles. The zero-order valence-corrected chi connectivity index (χ0v) is 21.1. The molecule has 2 N–H and O–H groups in total. The van der Waals surface area contributed by atoms with Gasteiger partial charge in [-0.2, -0.15) is 0 Å². The fourth-order valence-electron chi connectivity index (χ4n) is 6.68. The van der Waals surface area contributed by atoms with Crippen LogP contribution >= 0.6 is 0 Å². The second kappa shape index (κ2) is 10.2. The third-order valence-electron chi connectivity index (χ3n) is 8.47. The van der Waals surface area contributed by atoms with Gasteiger partial charge in [0.05, 0.1) is 12.2 Å². The Labute approximate surface area is 186 Å². The normalized spacial score (nSPS) is 39.7. The zero-order valence-electron chi connectivity index (χ0n) is 21.1. The summed E-state index contributed by atoms with van der Waals surface area (Å²) in [7, 11) is 3.56. The molecule has 0 bridgehead atoms. The largest absolute Gasteiger partial charge is 0.393 e. The van der Waals surface area contributed by atoms with E-state index in [0.29, 0.717) is 11.8 Å². The van der Waals surface area contributed by atoms with Crippen molar-refractivity contribution in [1.82, 2.24) is 0 Å². The number of aliphatic hydroxyl groups excluding tert-OH is 2. The Hall–Kier alpha value is -0.160. The highest BCUT2D eigenvalue weighted by Gasteiger charge is 2.49. The average Bonchev–Trinajstić information content (AvgIpc) is 2.62. The van der Waals surface area contributed by atoms with Gasteiger partial charge in [-0.25, -0.2) is 0 Å². The molecular weight excluding hydrogens is 376 g/mol. The molecule has 0 radical (unpaired) electrons. The Bertz CT molecular complexity index is 474. The monoisotopic (exact) mass is 426 g/mol. The number of hydrogen-bond donors (Lipinski definition) is 2. The van der Waals surface area contributed by atoms with Crippen molar-refractivity contribution in [3.8, 4) is 0 Å². The zero-order chi connectivity index (χ0) is 22.9. The summed E-state index contributed by atoms with van der Waals surface area (Å²) >= 11 is 0. The topological polar surface area (TPSA) is 58.9 Å². The lowest BCUT2D eigenvalue weighted by atomic mass is 9.56. The third-order valence-corrected chi connectivity index (χ3v) is 8.47. The molecule has 4 nitrogen and oxygen atoms in total. The number of methoxy groups -OCH3 is 2. The van der Waals surface area contributed by atoms with Crippen LogP contribution in [0.5, 0.6) is 0 Å². The van der Waals surface area contributed by atoms with Crippen LogP contribution in [0.15, 0.2) is 0 Å². The Morgan fingerprint density at radius 3 is 1.30 bits per heavy atom. The van der Waals surface area contributed by atoms with E-state index in [9.17, 15) is 10.2 Å². The van der Waals surface area contributed by atoms with Crippen molar-refractivity contribution in [3.63, 3.8) is 0 Å². The minimum Gasteiger partial charge on any atom is -0.393 e. The first-order valence-electron chi connectivity index (χ1n) is 12.1. The number of hydrogen-bond acceptors (Lipinski definition) is 4.